The van der Waals surface area contributed by atoms with Gasteiger partial charge in [-0.05, 0) is 43.4 Å². The van der Waals surface area contributed by atoms with Gasteiger partial charge in [-0.1, -0.05) is 30.3 Å². The molecule has 4 rings (SSSR count). The maximum Gasteiger partial charge on any atom is 0.254 e. The van der Waals surface area contributed by atoms with Crippen molar-refractivity contribution in [3.05, 3.63) is 59.8 Å². The first-order chi connectivity index (χ1) is 14.8. The van der Waals surface area contributed by atoms with E-state index in [-0.39, 0.29) is 12.0 Å². The number of carbonyl (C=O) groups is 1. The van der Waals surface area contributed by atoms with Crippen LogP contribution in [0.4, 0.5) is 5.82 Å². The molecule has 6 heteroatoms. The molecule has 1 aromatic carbocycles. The van der Waals surface area contributed by atoms with Crippen molar-refractivity contribution < 1.29 is 9.53 Å². The molecule has 1 N–H and O–H groups in total. The average Bonchev–Trinajstić information content (AvgIpc) is 3.03. The highest BCUT2D eigenvalue weighted by Gasteiger charge is 2.20. The van der Waals surface area contributed by atoms with Crippen LogP contribution in [0.5, 0.6) is 0 Å². The van der Waals surface area contributed by atoms with Gasteiger partial charge < -0.3 is 15.0 Å². The second-order valence-corrected chi connectivity index (χ2v) is 8.23. The molecule has 1 amide bonds. The number of pyridine rings is 1. The minimum atomic E-state index is 0.0967. The number of ether oxygens (including phenoxy) is 1. The standard InChI is InChI=1S/C24H32N4O2/c29-24(28-13-5-2-6-14-28)21-10-11-25-23(16-21)26-17-22-19-27(12-7-15-30-22)18-20-8-3-1-4-9-20/h1,3-4,8-11,16,22H,2,5-7,12-15,17-19H2,(H,25,26). The van der Waals surface area contributed by atoms with Crippen molar-refractivity contribution in [1.82, 2.24) is 14.8 Å². The molecule has 160 valence electrons. The van der Waals surface area contributed by atoms with Crippen molar-refractivity contribution in [3.8, 4) is 0 Å². The summed E-state index contributed by atoms with van der Waals surface area (Å²) in [4.78, 5) is 21.6. The van der Waals surface area contributed by atoms with Crippen LogP contribution >= 0.6 is 0 Å². The van der Waals surface area contributed by atoms with Gasteiger partial charge in [0.1, 0.15) is 5.82 Å². The molecule has 1 unspecified atom stereocenters. The molecule has 0 bridgehead atoms. The van der Waals surface area contributed by atoms with E-state index in [0.717, 1.165) is 64.4 Å². The Balaban J connectivity index is 1.32. The number of likely N-dealkylation sites (tertiary alicyclic amines) is 1. The third-order valence-electron chi connectivity index (χ3n) is 5.84. The van der Waals surface area contributed by atoms with Gasteiger partial charge in [-0.2, -0.15) is 0 Å². The lowest BCUT2D eigenvalue weighted by Crippen LogP contribution is -2.36. The van der Waals surface area contributed by atoms with E-state index in [1.165, 1.54) is 12.0 Å². The Morgan fingerprint density at radius 3 is 2.73 bits per heavy atom. The lowest BCUT2D eigenvalue weighted by molar-refractivity contribution is 0.0625. The van der Waals surface area contributed by atoms with Gasteiger partial charge in [0, 0.05) is 57.6 Å². The SMILES string of the molecule is O=C(c1ccnc(NCC2CN(Cc3ccccc3)CCCO2)c1)N1CCCCC1. The van der Waals surface area contributed by atoms with Gasteiger partial charge in [0.25, 0.3) is 5.91 Å². The maximum absolute atomic E-state index is 12.8. The molecule has 2 fully saturated rings. The van der Waals surface area contributed by atoms with Crippen molar-refractivity contribution in [2.75, 3.05) is 44.6 Å². The molecule has 0 radical (unpaired) electrons. The largest absolute Gasteiger partial charge is 0.375 e. The third kappa shape index (κ3) is 5.80. The Hall–Kier alpha value is -2.44. The summed E-state index contributed by atoms with van der Waals surface area (Å²) in [6.45, 7) is 6.04. The van der Waals surface area contributed by atoms with E-state index in [2.05, 4.69) is 45.5 Å². The molecule has 3 heterocycles. The minimum Gasteiger partial charge on any atom is -0.375 e. The summed E-state index contributed by atoms with van der Waals surface area (Å²) < 4.78 is 6.06. The van der Waals surface area contributed by atoms with E-state index in [1.807, 2.05) is 17.0 Å². The van der Waals surface area contributed by atoms with Crippen LogP contribution in [0.1, 0.15) is 41.6 Å². The zero-order valence-corrected chi connectivity index (χ0v) is 17.6. The quantitative estimate of drug-likeness (QED) is 0.794. The highest BCUT2D eigenvalue weighted by Crippen LogP contribution is 2.16. The monoisotopic (exact) mass is 408 g/mol. The maximum atomic E-state index is 12.8. The molecule has 0 spiro atoms. The molecule has 2 saturated heterocycles. The number of carbonyl (C=O) groups excluding carboxylic acids is 1. The van der Waals surface area contributed by atoms with E-state index in [4.69, 9.17) is 4.74 Å². The van der Waals surface area contributed by atoms with Crippen molar-refractivity contribution in [2.24, 2.45) is 0 Å². The van der Waals surface area contributed by atoms with Crippen LogP contribution in [-0.4, -0.2) is 66.1 Å². The fourth-order valence-electron chi connectivity index (χ4n) is 4.24. The summed E-state index contributed by atoms with van der Waals surface area (Å²) in [5.41, 5.74) is 2.04. The van der Waals surface area contributed by atoms with E-state index >= 15 is 0 Å². The summed E-state index contributed by atoms with van der Waals surface area (Å²) in [6.07, 6.45) is 6.27. The summed E-state index contributed by atoms with van der Waals surface area (Å²) in [5, 5.41) is 3.39. The number of benzene rings is 1. The Labute approximate surface area is 179 Å². The predicted octanol–water partition coefficient (Wildman–Crippen LogP) is 3.41. The molecule has 1 aromatic heterocycles. The van der Waals surface area contributed by atoms with Crippen LogP contribution in [0.25, 0.3) is 0 Å². The predicted molar refractivity (Wildman–Crippen MR) is 119 cm³/mol. The molecule has 1 atom stereocenters. The van der Waals surface area contributed by atoms with Crippen LogP contribution in [0, 0.1) is 0 Å². The van der Waals surface area contributed by atoms with Gasteiger partial charge in [0.05, 0.1) is 6.10 Å². The lowest BCUT2D eigenvalue weighted by Gasteiger charge is -2.27. The topological polar surface area (TPSA) is 57.7 Å². The summed E-state index contributed by atoms with van der Waals surface area (Å²) >= 11 is 0. The number of hydrogen-bond acceptors (Lipinski definition) is 5. The number of anilines is 1. The van der Waals surface area contributed by atoms with Crippen LogP contribution in [0.15, 0.2) is 48.7 Å². The molecule has 6 nitrogen and oxygen atoms in total. The number of nitrogens with one attached hydrogen (secondary N) is 1. The number of hydrogen-bond donors (Lipinski definition) is 1. The molecular formula is C24H32N4O2. The van der Waals surface area contributed by atoms with Crippen LogP contribution in [-0.2, 0) is 11.3 Å². The van der Waals surface area contributed by atoms with Crippen LogP contribution in [0.2, 0.25) is 0 Å². The number of rotatable bonds is 6. The number of aromatic nitrogens is 1. The second kappa shape index (κ2) is 10.5. The zero-order valence-electron chi connectivity index (χ0n) is 17.6. The molecule has 2 aliphatic heterocycles. The van der Waals surface area contributed by atoms with E-state index in [1.54, 1.807) is 6.20 Å². The molecule has 2 aliphatic rings. The molecule has 2 aromatic rings. The zero-order chi connectivity index (χ0) is 20.6. The highest BCUT2D eigenvalue weighted by atomic mass is 16.5. The van der Waals surface area contributed by atoms with Gasteiger partial charge in [-0.15, -0.1) is 0 Å². The molecular weight excluding hydrogens is 376 g/mol. The van der Waals surface area contributed by atoms with Gasteiger partial charge >= 0.3 is 0 Å². The Bertz CT molecular complexity index is 808. The Morgan fingerprint density at radius 2 is 1.90 bits per heavy atom. The van der Waals surface area contributed by atoms with Crippen molar-refractivity contribution >= 4 is 11.7 Å². The average molecular weight is 409 g/mol. The molecule has 0 aliphatic carbocycles. The van der Waals surface area contributed by atoms with Crippen molar-refractivity contribution in [2.45, 2.75) is 38.3 Å². The fraction of sp³-hybridized carbons (Fsp3) is 0.500. The molecule has 0 saturated carbocycles. The minimum absolute atomic E-state index is 0.0967. The molecule has 30 heavy (non-hydrogen) atoms. The lowest BCUT2D eigenvalue weighted by atomic mass is 10.1. The smallest absolute Gasteiger partial charge is 0.254 e. The van der Waals surface area contributed by atoms with E-state index < -0.39 is 0 Å². The summed E-state index contributed by atoms with van der Waals surface area (Å²) in [6, 6.07) is 14.3. The van der Waals surface area contributed by atoms with E-state index in [9.17, 15) is 4.79 Å². The summed E-state index contributed by atoms with van der Waals surface area (Å²) in [7, 11) is 0. The fourth-order valence-corrected chi connectivity index (χ4v) is 4.24. The van der Waals surface area contributed by atoms with Gasteiger partial charge in [-0.3, -0.25) is 9.69 Å². The number of nitrogens with zero attached hydrogens (tertiary/aromatic N) is 3. The van der Waals surface area contributed by atoms with E-state index in [0.29, 0.717) is 12.1 Å². The normalized spacial score (nSPS) is 20.5. The third-order valence-corrected chi connectivity index (χ3v) is 5.84. The van der Waals surface area contributed by atoms with Gasteiger partial charge in [0.2, 0.25) is 0 Å². The van der Waals surface area contributed by atoms with Crippen LogP contribution < -0.4 is 5.32 Å². The summed E-state index contributed by atoms with van der Waals surface area (Å²) in [5.74, 6) is 0.847. The first-order valence-corrected chi connectivity index (χ1v) is 11.1. The first kappa shape index (κ1) is 20.8. The van der Waals surface area contributed by atoms with Gasteiger partial charge in [-0.25, -0.2) is 4.98 Å². The van der Waals surface area contributed by atoms with Gasteiger partial charge in [0.15, 0.2) is 0 Å². The van der Waals surface area contributed by atoms with Crippen molar-refractivity contribution in [1.29, 1.82) is 0 Å². The number of piperidine rings is 1. The van der Waals surface area contributed by atoms with Crippen molar-refractivity contribution in [3.63, 3.8) is 0 Å². The Kier molecular flexibility index (Phi) is 7.32. The Morgan fingerprint density at radius 1 is 1.07 bits per heavy atom. The highest BCUT2D eigenvalue weighted by molar-refractivity contribution is 5.94. The first-order valence-electron chi connectivity index (χ1n) is 11.1. The second-order valence-electron chi connectivity index (χ2n) is 8.23. The number of amides is 1. The van der Waals surface area contributed by atoms with Crippen LogP contribution in [0.3, 0.4) is 0 Å².